The van der Waals surface area contributed by atoms with Crippen molar-refractivity contribution in [2.24, 2.45) is 0 Å². The van der Waals surface area contributed by atoms with Crippen LogP contribution in [0.5, 0.6) is 0 Å². The van der Waals surface area contributed by atoms with Crippen LogP contribution in [-0.2, 0) is 11.3 Å². The molecule has 0 aliphatic heterocycles. The molecule has 2 N–H and O–H groups in total. The second kappa shape index (κ2) is 4.76. The first kappa shape index (κ1) is 10.7. The van der Waals surface area contributed by atoms with Gasteiger partial charge in [0.2, 0.25) is 5.91 Å². The number of amides is 1. The summed E-state index contributed by atoms with van der Waals surface area (Å²) in [5.41, 5.74) is 0. The number of nitrogens with one attached hydrogen (secondary N) is 2. The Balaban J connectivity index is 2.56. The molecule has 0 aliphatic rings. The van der Waals surface area contributed by atoms with Gasteiger partial charge in [-0.2, -0.15) is 5.10 Å². The van der Waals surface area contributed by atoms with Crippen molar-refractivity contribution < 1.29 is 4.79 Å². The minimum atomic E-state index is -0.207. The topological polar surface area (TPSA) is 59.0 Å². The van der Waals surface area contributed by atoms with E-state index < -0.39 is 0 Å². The zero-order valence-corrected chi connectivity index (χ0v) is 8.74. The van der Waals surface area contributed by atoms with Gasteiger partial charge >= 0.3 is 0 Å². The monoisotopic (exact) mass is 196 g/mol. The molecule has 1 rings (SSSR count). The molecule has 78 valence electrons. The van der Waals surface area contributed by atoms with Gasteiger partial charge in [-0.3, -0.25) is 9.48 Å². The summed E-state index contributed by atoms with van der Waals surface area (Å²) in [7, 11) is 1.74. The fourth-order valence-electron chi connectivity index (χ4n) is 0.970. The highest BCUT2D eigenvalue weighted by Crippen LogP contribution is 2.02. The smallest absolute Gasteiger partial charge is 0.242 e. The van der Waals surface area contributed by atoms with Crippen molar-refractivity contribution in [1.82, 2.24) is 15.1 Å². The van der Waals surface area contributed by atoms with Crippen molar-refractivity contribution in [3.05, 3.63) is 12.3 Å². The second-order valence-electron chi connectivity index (χ2n) is 3.06. The highest BCUT2D eigenvalue weighted by atomic mass is 16.2. The second-order valence-corrected chi connectivity index (χ2v) is 3.06. The number of hydrogen-bond donors (Lipinski definition) is 2. The molecule has 1 atom stereocenters. The van der Waals surface area contributed by atoms with Gasteiger partial charge in [0.1, 0.15) is 0 Å². The summed E-state index contributed by atoms with van der Waals surface area (Å²) in [6.07, 6.45) is 1.83. The molecule has 1 unspecified atom stereocenters. The zero-order chi connectivity index (χ0) is 10.6. The van der Waals surface area contributed by atoms with Gasteiger partial charge in [0.25, 0.3) is 0 Å². The normalized spacial score (nSPS) is 12.5. The summed E-state index contributed by atoms with van der Waals surface area (Å²) in [6, 6.07) is 1.57. The first-order valence-corrected chi connectivity index (χ1v) is 4.69. The van der Waals surface area contributed by atoms with Crippen LogP contribution in [0.15, 0.2) is 12.3 Å². The van der Waals surface area contributed by atoms with Gasteiger partial charge in [-0.1, -0.05) is 0 Å². The summed E-state index contributed by atoms with van der Waals surface area (Å²) in [4.78, 5) is 11.4. The van der Waals surface area contributed by atoms with Crippen molar-refractivity contribution >= 4 is 11.7 Å². The summed E-state index contributed by atoms with van der Waals surface area (Å²) < 4.78 is 1.76. The van der Waals surface area contributed by atoms with Crippen LogP contribution in [0.25, 0.3) is 0 Å². The van der Waals surface area contributed by atoms with E-state index in [1.165, 1.54) is 0 Å². The summed E-state index contributed by atoms with van der Waals surface area (Å²) >= 11 is 0. The molecule has 0 aromatic carbocycles. The SMILES string of the molecule is CCn1ccc(NC(=O)C(C)NC)n1. The van der Waals surface area contributed by atoms with E-state index in [0.717, 1.165) is 6.54 Å². The quantitative estimate of drug-likeness (QED) is 0.735. The van der Waals surface area contributed by atoms with Crippen LogP contribution in [0.3, 0.4) is 0 Å². The number of aryl methyl sites for hydroxylation is 1. The molecular weight excluding hydrogens is 180 g/mol. The van der Waals surface area contributed by atoms with E-state index in [2.05, 4.69) is 15.7 Å². The molecule has 1 aromatic heterocycles. The number of aromatic nitrogens is 2. The maximum absolute atomic E-state index is 11.4. The summed E-state index contributed by atoms with van der Waals surface area (Å²) in [6.45, 7) is 4.60. The Morgan fingerprint density at radius 3 is 2.93 bits per heavy atom. The Morgan fingerprint density at radius 2 is 2.43 bits per heavy atom. The van der Waals surface area contributed by atoms with Crippen LogP contribution >= 0.6 is 0 Å². The van der Waals surface area contributed by atoms with Crippen molar-refractivity contribution in [2.45, 2.75) is 26.4 Å². The fraction of sp³-hybridized carbons (Fsp3) is 0.556. The van der Waals surface area contributed by atoms with Gasteiger partial charge in [-0.15, -0.1) is 0 Å². The lowest BCUT2D eigenvalue weighted by Gasteiger charge is -2.08. The molecule has 0 saturated heterocycles. The maximum atomic E-state index is 11.4. The largest absolute Gasteiger partial charge is 0.309 e. The van der Waals surface area contributed by atoms with E-state index in [-0.39, 0.29) is 11.9 Å². The molecule has 5 nitrogen and oxygen atoms in total. The molecule has 0 spiro atoms. The minimum absolute atomic E-state index is 0.0751. The first-order chi connectivity index (χ1) is 6.67. The van der Waals surface area contributed by atoms with Crippen molar-refractivity contribution in [3.63, 3.8) is 0 Å². The standard InChI is InChI=1S/C9H16N4O/c1-4-13-6-5-8(12-13)11-9(14)7(2)10-3/h5-7,10H,4H2,1-3H3,(H,11,12,14). The number of likely N-dealkylation sites (N-methyl/N-ethyl adjacent to an activating group) is 1. The average molecular weight is 196 g/mol. The van der Waals surface area contributed by atoms with Crippen LogP contribution in [0.2, 0.25) is 0 Å². The van der Waals surface area contributed by atoms with Gasteiger partial charge in [0, 0.05) is 18.8 Å². The molecular formula is C9H16N4O. The highest BCUT2D eigenvalue weighted by Gasteiger charge is 2.10. The molecule has 1 amide bonds. The van der Waals surface area contributed by atoms with E-state index in [1.807, 2.05) is 13.1 Å². The molecule has 0 radical (unpaired) electrons. The Morgan fingerprint density at radius 1 is 1.71 bits per heavy atom. The minimum Gasteiger partial charge on any atom is -0.309 e. The van der Waals surface area contributed by atoms with Gasteiger partial charge in [-0.25, -0.2) is 0 Å². The third kappa shape index (κ3) is 2.56. The average Bonchev–Trinajstić information content (AvgIpc) is 2.64. The predicted octanol–water partition coefficient (Wildman–Crippen LogP) is 0.449. The predicted molar refractivity (Wildman–Crippen MR) is 55.1 cm³/mol. The fourth-order valence-corrected chi connectivity index (χ4v) is 0.970. The van der Waals surface area contributed by atoms with Crippen LogP contribution < -0.4 is 10.6 Å². The van der Waals surface area contributed by atoms with Crippen molar-refractivity contribution in [1.29, 1.82) is 0 Å². The highest BCUT2D eigenvalue weighted by molar-refractivity contribution is 5.93. The third-order valence-electron chi connectivity index (χ3n) is 2.04. The molecule has 1 aromatic rings. The molecule has 0 saturated carbocycles. The van der Waals surface area contributed by atoms with E-state index in [0.29, 0.717) is 5.82 Å². The lowest BCUT2D eigenvalue weighted by atomic mass is 10.3. The number of carbonyl (C=O) groups is 1. The first-order valence-electron chi connectivity index (χ1n) is 4.69. The Kier molecular flexibility index (Phi) is 3.64. The van der Waals surface area contributed by atoms with Crippen LogP contribution in [-0.4, -0.2) is 28.8 Å². The maximum Gasteiger partial charge on any atom is 0.242 e. The summed E-state index contributed by atoms with van der Waals surface area (Å²) in [5, 5.41) is 9.72. The van der Waals surface area contributed by atoms with Crippen LogP contribution in [0, 0.1) is 0 Å². The number of rotatable bonds is 4. The number of nitrogens with zero attached hydrogens (tertiary/aromatic N) is 2. The molecule has 0 fully saturated rings. The molecule has 0 aliphatic carbocycles. The van der Waals surface area contributed by atoms with E-state index in [9.17, 15) is 4.79 Å². The molecule has 14 heavy (non-hydrogen) atoms. The van der Waals surface area contributed by atoms with E-state index in [4.69, 9.17) is 0 Å². The Bertz CT molecular complexity index is 308. The third-order valence-corrected chi connectivity index (χ3v) is 2.04. The Labute approximate surface area is 83.5 Å². The molecule has 5 heteroatoms. The van der Waals surface area contributed by atoms with E-state index in [1.54, 1.807) is 24.7 Å². The van der Waals surface area contributed by atoms with Crippen LogP contribution in [0.1, 0.15) is 13.8 Å². The number of anilines is 1. The van der Waals surface area contributed by atoms with Gasteiger partial charge in [0.15, 0.2) is 5.82 Å². The molecule has 0 bridgehead atoms. The van der Waals surface area contributed by atoms with Crippen molar-refractivity contribution in [2.75, 3.05) is 12.4 Å². The van der Waals surface area contributed by atoms with Gasteiger partial charge in [-0.05, 0) is 20.9 Å². The zero-order valence-electron chi connectivity index (χ0n) is 8.74. The lowest BCUT2D eigenvalue weighted by molar-refractivity contribution is -0.117. The van der Waals surface area contributed by atoms with Gasteiger partial charge in [0.05, 0.1) is 6.04 Å². The van der Waals surface area contributed by atoms with Gasteiger partial charge < -0.3 is 10.6 Å². The Hall–Kier alpha value is -1.36. The van der Waals surface area contributed by atoms with Crippen molar-refractivity contribution in [3.8, 4) is 0 Å². The number of carbonyl (C=O) groups excluding carboxylic acids is 1. The van der Waals surface area contributed by atoms with E-state index >= 15 is 0 Å². The van der Waals surface area contributed by atoms with Crippen LogP contribution in [0.4, 0.5) is 5.82 Å². The lowest BCUT2D eigenvalue weighted by Crippen LogP contribution is -2.35. The number of hydrogen-bond acceptors (Lipinski definition) is 3. The summed E-state index contributed by atoms with van der Waals surface area (Å²) in [5.74, 6) is 0.521. The molecule has 1 heterocycles.